The summed E-state index contributed by atoms with van der Waals surface area (Å²) < 4.78 is 2.50. The zero-order chi connectivity index (χ0) is 15.1. The molecule has 0 saturated carbocycles. The van der Waals surface area contributed by atoms with Crippen molar-refractivity contribution in [1.29, 1.82) is 0 Å². The summed E-state index contributed by atoms with van der Waals surface area (Å²) in [5, 5.41) is 0. The second kappa shape index (κ2) is 8.17. The summed E-state index contributed by atoms with van der Waals surface area (Å²) in [6, 6.07) is 18.1. The number of fused-ring (bicyclic) bond motifs is 3. The molecule has 0 N–H and O–H groups in total. The number of rotatable bonds is 3. The summed E-state index contributed by atoms with van der Waals surface area (Å²) >= 11 is -0.659. The van der Waals surface area contributed by atoms with E-state index in [0.717, 1.165) is 0 Å². The van der Waals surface area contributed by atoms with Gasteiger partial charge in [0.1, 0.15) is 0 Å². The molecule has 0 spiro atoms. The van der Waals surface area contributed by atoms with Crippen LogP contribution < -0.4 is 24.8 Å². The zero-order valence-corrected chi connectivity index (χ0v) is 17.9. The summed E-state index contributed by atoms with van der Waals surface area (Å²) in [5.41, 5.74) is 7.74. The molecule has 2 aromatic carbocycles. The molecule has 0 aromatic heterocycles. The molecule has 2 aliphatic carbocycles. The van der Waals surface area contributed by atoms with Crippen LogP contribution in [0.25, 0.3) is 11.1 Å². The van der Waals surface area contributed by atoms with Crippen molar-refractivity contribution in [3.8, 4) is 11.1 Å². The largest absolute Gasteiger partial charge is 1.00 e. The monoisotopic (exact) mass is 432 g/mol. The smallest absolute Gasteiger partial charge is 1.00 e. The molecule has 4 rings (SSSR count). The molecule has 0 bridgehead atoms. The molecule has 0 aliphatic heterocycles. The van der Waals surface area contributed by atoms with Gasteiger partial charge in [-0.05, 0) is 0 Å². The fraction of sp³-hybridized carbons (Fsp3) is 0.238. The van der Waals surface area contributed by atoms with Gasteiger partial charge >= 0.3 is 145 Å². The molecular weight excluding hydrogens is 414 g/mol. The van der Waals surface area contributed by atoms with E-state index in [1.165, 1.54) is 17.5 Å². The molecule has 2 aliphatic rings. The van der Waals surface area contributed by atoms with Crippen molar-refractivity contribution >= 4 is 0 Å². The minimum Gasteiger partial charge on any atom is -1.00 e. The van der Waals surface area contributed by atoms with Crippen LogP contribution in [0.2, 0.25) is 0 Å². The average Bonchev–Trinajstić information content (AvgIpc) is 3.12. The van der Waals surface area contributed by atoms with E-state index in [2.05, 4.69) is 74.5 Å². The quantitative estimate of drug-likeness (QED) is 0.624. The van der Waals surface area contributed by atoms with E-state index in [1.807, 2.05) is 0 Å². The van der Waals surface area contributed by atoms with Crippen molar-refractivity contribution in [3.63, 3.8) is 0 Å². The molecule has 0 radical (unpaired) electrons. The molecule has 0 fully saturated rings. The number of allylic oxidation sites excluding steroid dienone is 4. The van der Waals surface area contributed by atoms with Gasteiger partial charge in [-0.3, -0.25) is 0 Å². The van der Waals surface area contributed by atoms with Gasteiger partial charge in [0.05, 0.1) is 0 Å². The van der Waals surface area contributed by atoms with Crippen LogP contribution in [0, 0.1) is 5.92 Å². The van der Waals surface area contributed by atoms with E-state index in [9.17, 15) is 0 Å². The van der Waals surface area contributed by atoms with E-state index < -0.39 is 23.2 Å². The normalized spacial score (nSPS) is 14.8. The first-order valence-electron chi connectivity index (χ1n) is 8.10. The molecule has 0 nitrogen and oxygen atoms in total. The summed E-state index contributed by atoms with van der Waals surface area (Å²) in [5.74, 6) is 0.668. The van der Waals surface area contributed by atoms with Crippen molar-refractivity contribution in [2.45, 2.75) is 23.9 Å². The Morgan fingerprint density at radius 2 is 1.42 bits per heavy atom. The minimum atomic E-state index is -0.659. The second-order valence-corrected chi connectivity index (χ2v) is 10.1. The van der Waals surface area contributed by atoms with E-state index in [4.69, 9.17) is 0 Å². The minimum absolute atomic E-state index is 0. The van der Waals surface area contributed by atoms with Crippen molar-refractivity contribution in [2.75, 3.05) is 0 Å². The van der Waals surface area contributed by atoms with Crippen LogP contribution in [-0.4, -0.2) is 0 Å². The van der Waals surface area contributed by atoms with Crippen LogP contribution in [0.1, 0.15) is 35.0 Å². The first-order valence-corrected chi connectivity index (χ1v) is 10.7. The van der Waals surface area contributed by atoms with Gasteiger partial charge in [-0.2, -0.15) is 0 Å². The van der Waals surface area contributed by atoms with Crippen molar-refractivity contribution in [3.05, 3.63) is 80.7 Å². The molecular formula is C21H20Cl2Zr. The Bertz CT molecular complexity index is 744. The van der Waals surface area contributed by atoms with Crippen molar-refractivity contribution < 1.29 is 48.0 Å². The summed E-state index contributed by atoms with van der Waals surface area (Å²) in [6.45, 7) is 4.67. The van der Waals surface area contributed by atoms with Crippen LogP contribution in [0.3, 0.4) is 0 Å². The third-order valence-corrected chi connectivity index (χ3v) is 9.05. The predicted molar refractivity (Wildman–Crippen MR) is 89.3 cm³/mol. The fourth-order valence-corrected chi connectivity index (χ4v) is 8.45. The zero-order valence-electron chi connectivity index (χ0n) is 13.9. The Morgan fingerprint density at radius 1 is 0.875 bits per heavy atom. The van der Waals surface area contributed by atoms with Crippen molar-refractivity contribution in [2.24, 2.45) is 5.92 Å². The number of hydrogen-bond acceptors (Lipinski definition) is 0. The first kappa shape index (κ1) is 19.7. The molecule has 0 saturated heterocycles. The van der Waals surface area contributed by atoms with Crippen LogP contribution in [-0.2, 0) is 23.2 Å². The standard InChI is InChI=1S/C13H9.C8H11.2ClH.Zr/c1-3-7-12-10(5-1)9-11-6-2-4-8-13(11)12;1-7(2)8-5-3-4-6-8;;;/h1-9H;3,5,7H,4H2,1-2H3;2*1H;/q;;;;+2/p-2. The number of halogens is 2. The molecule has 0 atom stereocenters. The van der Waals surface area contributed by atoms with Gasteiger partial charge in [-0.15, -0.1) is 0 Å². The average molecular weight is 435 g/mol. The summed E-state index contributed by atoms with van der Waals surface area (Å²) in [4.78, 5) is 0. The Balaban J connectivity index is 0.00000104. The second-order valence-electron chi connectivity index (χ2n) is 6.45. The van der Waals surface area contributed by atoms with E-state index in [1.54, 1.807) is 20.0 Å². The van der Waals surface area contributed by atoms with Crippen LogP contribution >= 0.6 is 0 Å². The van der Waals surface area contributed by atoms with E-state index in [-0.39, 0.29) is 24.8 Å². The van der Waals surface area contributed by atoms with Gasteiger partial charge in [0, 0.05) is 0 Å². The van der Waals surface area contributed by atoms with Gasteiger partial charge in [0.2, 0.25) is 0 Å². The molecule has 24 heavy (non-hydrogen) atoms. The Hall–Kier alpha value is -0.617. The number of hydrogen-bond donors (Lipinski definition) is 0. The molecule has 2 aromatic rings. The molecule has 0 unspecified atom stereocenters. The Kier molecular flexibility index (Phi) is 6.71. The van der Waals surface area contributed by atoms with Gasteiger partial charge in [-0.1, -0.05) is 0 Å². The molecule has 3 heteroatoms. The Morgan fingerprint density at radius 3 is 1.96 bits per heavy atom. The van der Waals surface area contributed by atoms with E-state index in [0.29, 0.717) is 9.54 Å². The number of benzene rings is 2. The van der Waals surface area contributed by atoms with Gasteiger partial charge in [0.15, 0.2) is 0 Å². The van der Waals surface area contributed by atoms with Gasteiger partial charge in [0.25, 0.3) is 0 Å². The predicted octanol–water partition coefficient (Wildman–Crippen LogP) is -0.283. The maximum atomic E-state index is 2.38. The first-order chi connectivity index (χ1) is 10.8. The van der Waals surface area contributed by atoms with Crippen LogP contribution in [0.5, 0.6) is 0 Å². The molecule has 0 heterocycles. The van der Waals surface area contributed by atoms with E-state index >= 15 is 0 Å². The summed E-state index contributed by atoms with van der Waals surface area (Å²) in [6.07, 6.45) is 5.96. The van der Waals surface area contributed by atoms with Crippen LogP contribution in [0.4, 0.5) is 0 Å². The molecule has 0 amide bonds. The Labute approximate surface area is 168 Å². The van der Waals surface area contributed by atoms with Crippen LogP contribution in [0.15, 0.2) is 69.5 Å². The van der Waals surface area contributed by atoms with Crippen molar-refractivity contribution in [1.82, 2.24) is 0 Å². The van der Waals surface area contributed by atoms with Gasteiger partial charge in [-0.25, -0.2) is 0 Å². The summed E-state index contributed by atoms with van der Waals surface area (Å²) in [7, 11) is 0. The maximum Gasteiger partial charge on any atom is -1.00 e. The van der Waals surface area contributed by atoms with Gasteiger partial charge < -0.3 is 24.8 Å². The topological polar surface area (TPSA) is 0 Å². The fourth-order valence-electron chi connectivity index (χ4n) is 3.69. The molecule has 122 valence electrons. The maximum absolute atomic E-state index is 2.38. The third-order valence-electron chi connectivity index (χ3n) is 4.74. The third kappa shape index (κ3) is 3.36. The SMILES string of the molecule is CC(C)C1=[C]([Zr+2][CH]2c3ccccc3-c3ccccc32)CC=C1.[Cl-].[Cl-].